The average molecular weight is 253 g/mol. The van der Waals surface area contributed by atoms with E-state index < -0.39 is 0 Å². The van der Waals surface area contributed by atoms with Crippen molar-refractivity contribution in [3.63, 3.8) is 0 Å². The van der Waals surface area contributed by atoms with Crippen molar-refractivity contribution in [2.24, 2.45) is 0 Å². The van der Waals surface area contributed by atoms with E-state index in [2.05, 4.69) is 11.9 Å². The maximum atomic E-state index is 11.8. The zero-order valence-corrected chi connectivity index (χ0v) is 10.1. The summed E-state index contributed by atoms with van der Waals surface area (Å²) in [6.45, 7) is 3.97. The lowest BCUT2D eigenvalue weighted by molar-refractivity contribution is 0.0845. The van der Waals surface area contributed by atoms with Crippen LogP contribution in [0.25, 0.3) is 10.8 Å². The van der Waals surface area contributed by atoms with Gasteiger partial charge in [0.2, 0.25) is 0 Å². The number of carbonyl (C=O) groups is 2. The molecular formula is C15H11NO3. The normalized spacial score (nSPS) is 13.3. The standard InChI is InChI=1S/C15H11NO3/c1-2-8-19-12-7-6-11-13-9(12)4-3-5-10(13)14(17)16-15(11)18/h2-7H,1,8H2,(H,16,17,18). The first-order valence-electron chi connectivity index (χ1n) is 5.87. The number of carbonyl (C=O) groups excluding carboxylic acids is 2. The van der Waals surface area contributed by atoms with Crippen LogP contribution in [-0.4, -0.2) is 18.4 Å². The molecule has 94 valence electrons. The van der Waals surface area contributed by atoms with Crippen molar-refractivity contribution in [2.45, 2.75) is 0 Å². The van der Waals surface area contributed by atoms with Crippen LogP contribution in [0.5, 0.6) is 5.75 Å². The Labute approximate surface area is 109 Å². The first-order valence-corrected chi connectivity index (χ1v) is 5.87. The third kappa shape index (κ3) is 1.69. The minimum atomic E-state index is -0.371. The Morgan fingerprint density at radius 2 is 1.84 bits per heavy atom. The molecule has 1 aliphatic heterocycles. The van der Waals surface area contributed by atoms with Crippen molar-refractivity contribution >= 4 is 22.6 Å². The summed E-state index contributed by atoms with van der Waals surface area (Å²) in [6, 6.07) is 8.72. The molecule has 0 saturated carbocycles. The van der Waals surface area contributed by atoms with Crippen molar-refractivity contribution in [1.29, 1.82) is 0 Å². The van der Waals surface area contributed by atoms with E-state index in [-0.39, 0.29) is 11.8 Å². The molecule has 0 spiro atoms. The summed E-state index contributed by atoms with van der Waals surface area (Å²) >= 11 is 0. The first-order chi connectivity index (χ1) is 9.22. The van der Waals surface area contributed by atoms with Gasteiger partial charge in [0.25, 0.3) is 11.8 Å². The summed E-state index contributed by atoms with van der Waals surface area (Å²) in [7, 11) is 0. The Balaban J connectivity index is 2.32. The number of amides is 2. The molecule has 0 saturated heterocycles. The number of ether oxygens (including phenoxy) is 1. The second-order valence-corrected chi connectivity index (χ2v) is 4.22. The molecule has 1 heterocycles. The summed E-state index contributed by atoms with van der Waals surface area (Å²) in [5, 5.41) is 3.74. The predicted molar refractivity (Wildman–Crippen MR) is 71.4 cm³/mol. The van der Waals surface area contributed by atoms with Crippen molar-refractivity contribution in [2.75, 3.05) is 6.61 Å². The molecule has 1 aliphatic rings. The lowest BCUT2D eigenvalue weighted by Gasteiger charge is -2.18. The molecule has 0 unspecified atom stereocenters. The van der Waals surface area contributed by atoms with E-state index >= 15 is 0 Å². The highest BCUT2D eigenvalue weighted by molar-refractivity contribution is 6.26. The van der Waals surface area contributed by atoms with Crippen LogP contribution < -0.4 is 10.1 Å². The SMILES string of the molecule is C=CCOc1ccc2c3c(cccc13)C(=O)NC2=O. The van der Waals surface area contributed by atoms with Gasteiger partial charge in [-0.2, -0.15) is 0 Å². The van der Waals surface area contributed by atoms with E-state index in [0.717, 1.165) is 5.39 Å². The number of rotatable bonds is 3. The summed E-state index contributed by atoms with van der Waals surface area (Å²) < 4.78 is 5.56. The second kappa shape index (κ2) is 4.24. The van der Waals surface area contributed by atoms with Gasteiger partial charge < -0.3 is 4.74 Å². The van der Waals surface area contributed by atoms with E-state index in [1.807, 2.05) is 6.07 Å². The topological polar surface area (TPSA) is 55.4 Å². The molecule has 19 heavy (non-hydrogen) atoms. The number of nitrogens with one attached hydrogen (secondary N) is 1. The van der Waals surface area contributed by atoms with Crippen LogP contribution in [0.2, 0.25) is 0 Å². The Hall–Kier alpha value is -2.62. The molecule has 2 amide bonds. The van der Waals surface area contributed by atoms with Gasteiger partial charge in [-0.05, 0) is 18.2 Å². The second-order valence-electron chi connectivity index (χ2n) is 4.22. The van der Waals surface area contributed by atoms with Gasteiger partial charge in [0.1, 0.15) is 12.4 Å². The molecule has 0 bridgehead atoms. The Morgan fingerprint density at radius 1 is 1.11 bits per heavy atom. The minimum Gasteiger partial charge on any atom is -0.489 e. The van der Waals surface area contributed by atoms with Crippen molar-refractivity contribution in [1.82, 2.24) is 5.32 Å². The fourth-order valence-electron chi connectivity index (χ4n) is 2.27. The molecule has 2 aromatic carbocycles. The molecule has 0 aliphatic carbocycles. The highest BCUT2D eigenvalue weighted by Gasteiger charge is 2.25. The van der Waals surface area contributed by atoms with Gasteiger partial charge in [-0.1, -0.05) is 24.8 Å². The van der Waals surface area contributed by atoms with Gasteiger partial charge in [-0.3, -0.25) is 14.9 Å². The van der Waals surface area contributed by atoms with Gasteiger partial charge in [0, 0.05) is 21.9 Å². The molecule has 0 aromatic heterocycles. The zero-order chi connectivity index (χ0) is 13.4. The molecule has 1 N–H and O–H groups in total. The minimum absolute atomic E-state index is 0.371. The number of hydrogen-bond donors (Lipinski definition) is 1. The van der Waals surface area contributed by atoms with Crippen LogP contribution in [-0.2, 0) is 0 Å². The van der Waals surface area contributed by atoms with Gasteiger partial charge in [-0.15, -0.1) is 0 Å². The molecule has 4 nitrogen and oxygen atoms in total. The third-order valence-electron chi connectivity index (χ3n) is 3.07. The molecule has 2 aromatic rings. The third-order valence-corrected chi connectivity index (χ3v) is 3.07. The van der Waals surface area contributed by atoms with Crippen molar-refractivity contribution in [3.05, 3.63) is 54.1 Å². The van der Waals surface area contributed by atoms with Gasteiger partial charge >= 0.3 is 0 Å². The van der Waals surface area contributed by atoms with Crippen molar-refractivity contribution < 1.29 is 14.3 Å². The van der Waals surface area contributed by atoms with E-state index in [1.54, 1.807) is 30.3 Å². The number of benzene rings is 2. The molecule has 3 rings (SSSR count). The predicted octanol–water partition coefficient (Wildman–Crippen LogP) is 2.29. The summed E-state index contributed by atoms with van der Waals surface area (Å²) in [6.07, 6.45) is 1.65. The van der Waals surface area contributed by atoms with Gasteiger partial charge in [0.15, 0.2) is 0 Å². The van der Waals surface area contributed by atoms with Gasteiger partial charge in [-0.25, -0.2) is 0 Å². The lowest BCUT2D eigenvalue weighted by atomic mass is 9.95. The molecule has 4 heteroatoms. The molecule has 0 atom stereocenters. The average Bonchev–Trinajstić information content (AvgIpc) is 2.42. The first kappa shape index (κ1) is 11.5. The van der Waals surface area contributed by atoms with Crippen LogP contribution in [0.15, 0.2) is 43.0 Å². The Bertz CT molecular complexity index is 698. The fraction of sp³-hybridized carbons (Fsp3) is 0.0667. The van der Waals surface area contributed by atoms with Gasteiger partial charge in [0.05, 0.1) is 0 Å². The molecule has 0 radical (unpaired) electrons. The highest BCUT2D eigenvalue weighted by atomic mass is 16.5. The lowest BCUT2D eigenvalue weighted by Crippen LogP contribution is -2.34. The van der Waals surface area contributed by atoms with E-state index in [0.29, 0.717) is 28.9 Å². The van der Waals surface area contributed by atoms with E-state index in [1.165, 1.54) is 0 Å². The largest absolute Gasteiger partial charge is 0.489 e. The monoisotopic (exact) mass is 253 g/mol. The molecule has 0 fully saturated rings. The molecular weight excluding hydrogens is 242 g/mol. The number of hydrogen-bond acceptors (Lipinski definition) is 3. The summed E-state index contributed by atoms with van der Waals surface area (Å²) in [5.74, 6) is -0.101. The fourth-order valence-corrected chi connectivity index (χ4v) is 2.27. The van der Waals surface area contributed by atoms with Crippen LogP contribution >= 0.6 is 0 Å². The summed E-state index contributed by atoms with van der Waals surface area (Å²) in [4.78, 5) is 23.6. The smallest absolute Gasteiger partial charge is 0.258 e. The zero-order valence-electron chi connectivity index (χ0n) is 10.1. The maximum absolute atomic E-state index is 11.8. The number of imide groups is 1. The Kier molecular flexibility index (Phi) is 2.56. The van der Waals surface area contributed by atoms with Crippen LogP contribution in [0.3, 0.4) is 0 Å². The van der Waals surface area contributed by atoms with Crippen molar-refractivity contribution in [3.8, 4) is 5.75 Å². The van der Waals surface area contributed by atoms with E-state index in [9.17, 15) is 9.59 Å². The van der Waals surface area contributed by atoms with Crippen LogP contribution in [0, 0.1) is 0 Å². The Morgan fingerprint density at radius 3 is 2.58 bits per heavy atom. The highest BCUT2D eigenvalue weighted by Crippen LogP contribution is 2.33. The van der Waals surface area contributed by atoms with E-state index in [4.69, 9.17) is 4.74 Å². The maximum Gasteiger partial charge on any atom is 0.258 e. The van der Waals surface area contributed by atoms with Crippen LogP contribution in [0.1, 0.15) is 20.7 Å². The van der Waals surface area contributed by atoms with Crippen LogP contribution in [0.4, 0.5) is 0 Å². The quantitative estimate of drug-likeness (QED) is 0.674. The summed E-state index contributed by atoms with van der Waals surface area (Å²) in [5.41, 5.74) is 0.993.